The predicted molar refractivity (Wildman–Crippen MR) is 73.0 cm³/mol. The fourth-order valence-corrected chi connectivity index (χ4v) is 2.54. The van der Waals surface area contributed by atoms with Gasteiger partial charge < -0.3 is 11.1 Å². The summed E-state index contributed by atoms with van der Waals surface area (Å²) >= 11 is 0. The van der Waals surface area contributed by atoms with Crippen LogP contribution in [0.1, 0.15) is 43.7 Å². The molecular weight excluding hydrogens is 224 g/mol. The lowest BCUT2D eigenvalue weighted by molar-refractivity contribution is -0.125. The van der Waals surface area contributed by atoms with Crippen LogP contribution in [0.4, 0.5) is 0 Å². The van der Waals surface area contributed by atoms with Crippen LogP contribution in [0.15, 0.2) is 30.3 Å². The summed E-state index contributed by atoms with van der Waals surface area (Å²) in [5.74, 6) is 0.391. The normalized spacial score (nSPS) is 18.3. The van der Waals surface area contributed by atoms with Gasteiger partial charge in [0.2, 0.25) is 5.91 Å². The van der Waals surface area contributed by atoms with Gasteiger partial charge in [0.15, 0.2) is 0 Å². The number of carbonyl (C=O) groups is 1. The van der Waals surface area contributed by atoms with Gasteiger partial charge in [-0.05, 0) is 18.4 Å². The van der Waals surface area contributed by atoms with Crippen molar-refractivity contribution in [2.24, 2.45) is 11.7 Å². The summed E-state index contributed by atoms with van der Waals surface area (Å²) in [6, 6.07) is 9.79. The summed E-state index contributed by atoms with van der Waals surface area (Å²) in [7, 11) is 0. The lowest BCUT2D eigenvalue weighted by Crippen LogP contribution is -2.36. The molecule has 0 saturated heterocycles. The van der Waals surface area contributed by atoms with Gasteiger partial charge in [0.25, 0.3) is 0 Å². The molecule has 0 bridgehead atoms. The number of hydrogen-bond donors (Lipinski definition) is 2. The summed E-state index contributed by atoms with van der Waals surface area (Å²) < 4.78 is 0. The highest BCUT2D eigenvalue weighted by Gasteiger charge is 2.21. The Kier molecular flexibility index (Phi) is 4.76. The van der Waals surface area contributed by atoms with Gasteiger partial charge in [-0.1, -0.05) is 49.6 Å². The summed E-state index contributed by atoms with van der Waals surface area (Å²) in [6.07, 6.45) is 5.71. The molecule has 0 spiro atoms. The monoisotopic (exact) mass is 246 g/mol. The van der Waals surface area contributed by atoms with Crippen LogP contribution < -0.4 is 11.1 Å². The highest BCUT2D eigenvalue weighted by molar-refractivity contribution is 5.78. The molecule has 1 aromatic rings. The molecular formula is C15H22N2O. The van der Waals surface area contributed by atoms with E-state index in [1.54, 1.807) is 0 Å². The highest BCUT2D eigenvalue weighted by atomic mass is 16.1. The van der Waals surface area contributed by atoms with E-state index < -0.39 is 0 Å². The fourth-order valence-electron chi connectivity index (χ4n) is 2.54. The Morgan fingerprint density at radius 1 is 1.22 bits per heavy atom. The number of amides is 1. The quantitative estimate of drug-likeness (QED) is 0.857. The van der Waals surface area contributed by atoms with E-state index in [1.165, 1.54) is 19.3 Å². The van der Waals surface area contributed by atoms with E-state index in [-0.39, 0.29) is 17.9 Å². The summed E-state index contributed by atoms with van der Waals surface area (Å²) in [6.45, 7) is 0.527. The zero-order valence-electron chi connectivity index (χ0n) is 10.8. The van der Waals surface area contributed by atoms with E-state index >= 15 is 0 Å². The van der Waals surface area contributed by atoms with Gasteiger partial charge in [-0.3, -0.25) is 4.79 Å². The number of hydrogen-bond acceptors (Lipinski definition) is 2. The van der Waals surface area contributed by atoms with Gasteiger partial charge in [-0.25, -0.2) is 0 Å². The van der Waals surface area contributed by atoms with Gasteiger partial charge in [0.05, 0.1) is 0 Å². The SMILES string of the molecule is NC(CNC(=O)C1CCCCC1)c1ccccc1. The summed E-state index contributed by atoms with van der Waals surface area (Å²) in [5, 5.41) is 2.99. The van der Waals surface area contributed by atoms with E-state index in [4.69, 9.17) is 5.73 Å². The molecule has 1 amide bonds. The minimum Gasteiger partial charge on any atom is -0.354 e. The third-order valence-corrected chi connectivity index (χ3v) is 3.70. The molecule has 0 heterocycles. The molecule has 1 aliphatic carbocycles. The van der Waals surface area contributed by atoms with Gasteiger partial charge in [0.1, 0.15) is 0 Å². The third-order valence-electron chi connectivity index (χ3n) is 3.70. The largest absolute Gasteiger partial charge is 0.354 e. The zero-order valence-corrected chi connectivity index (χ0v) is 10.8. The second-order valence-corrected chi connectivity index (χ2v) is 5.10. The minimum absolute atomic E-state index is 0.112. The van der Waals surface area contributed by atoms with E-state index in [1.807, 2.05) is 30.3 Å². The van der Waals surface area contributed by atoms with Gasteiger partial charge in [-0.15, -0.1) is 0 Å². The molecule has 1 unspecified atom stereocenters. The zero-order chi connectivity index (χ0) is 12.8. The number of nitrogens with two attached hydrogens (primary N) is 1. The van der Waals surface area contributed by atoms with Crippen molar-refractivity contribution in [3.05, 3.63) is 35.9 Å². The molecule has 1 aromatic carbocycles. The number of carbonyl (C=O) groups excluding carboxylic acids is 1. The van der Waals surface area contributed by atoms with Crippen LogP contribution in [0.25, 0.3) is 0 Å². The molecule has 3 nitrogen and oxygen atoms in total. The van der Waals surface area contributed by atoms with Crippen LogP contribution in [0, 0.1) is 5.92 Å². The molecule has 1 atom stereocenters. The maximum absolute atomic E-state index is 12.0. The van der Waals surface area contributed by atoms with Crippen molar-refractivity contribution in [2.45, 2.75) is 38.1 Å². The van der Waals surface area contributed by atoms with Crippen molar-refractivity contribution in [1.82, 2.24) is 5.32 Å². The van der Waals surface area contributed by atoms with Crippen LogP contribution in [0.2, 0.25) is 0 Å². The number of nitrogens with one attached hydrogen (secondary N) is 1. The van der Waals surface area contributed by atoms with Crippen molar-refractivity contribution in [2.75, 3.05) is 6.54 Å². The second-order valence-electron chi connectivity index (χ2n) is 5.10. The van der Waals surface area contributed by atoms with Crippen LogP contribution in [0.5, 0.6) is 0 Å². The topological polar surface area (TPSA) is 55.1 Å². The Hall–Kier alpha value is -1.35. The molecule has 18 heavy (non-hydrogen) atoms. The molecule has 1 aliphatic rings. The first kappa shape index (κ1) is 13.1. The van der Waals surface area contributed by atoms with E-state index in [9.17, 15) is 4.79 Å². The lowest BCUT2D eigenvalue weighted by Gasteiger charge is -2.22. The average molecular weight is 246 g/mol. The highest BCUT2D eigenvalue weighted by Crippen LogP contribution is 2.23. The summed E-state index contributed by atoms with van der Waals surface area (Å²) in [4.78, 5) is 12.0. The molecule has 2 rings (SSSR count). The van der Waals surface area contributed by atoms with E-state index in [0.717, 1.165) is 18.4 Å². The lowest BCUT2D eigenvalue weighted by atomic mass is 9.88. The molecule has 0 aromatic heterocycles. The molecule has 1 fully saturated rings. The first-order valence-electron chi connectivity index (χ1n) is 6.85. The Morgan fingerprint density at radius 3 is 2.56 bits per heavy atom. The van der Waals surface area contributed by atoms with E-state index in [2.05, 4.69) is 5.32 Å². The van der Waals surface area contributed by atoms with Crippen LogP contribution in [-0.2, 0) is 4.79 Å². The molecule has 0 aliphatic heterocycles. The van der Waals surface area contributed by atoms with Gasteiger partial charge in [0, 0.05) is 18.5 Å². The van der Waals surface area contributed by atoms with Crippen LogP contribution in [-0.4, -0.2) is 12.5 Å². The van der Waals surface area contributed by atoms with Gasteiger partial charge >= 0.3 is 0 Å². The maximum atomic E-state index is 12.0. The Bertz CT molecular complexity index is 371. The second kappa shape index (κ2) is 6.55. The molecule has 1 saturated carbocycles. The molecule has 3 N–H and O–H groups in total. The average Bonchev–Trinajstić information content (AvgIpc) is 2.46. The first-order chi connectivity index (χ1) is 8.77. The molecule has 98 valence electrons. The van der Waals surface area contributed by atoms with Crippen molar-refractivity contribution in [3.63, 3.8) is 0 Å². The Labute approximate surface area is 109 Å². The summed E-state index contributed by atoms with van der Waals surface area (Å²) in [5.41, 5.74) is 7.13. The van der Waals surface area contributed by atoms with Gasteiger partial charge in [-0.2, -0.15) is 0 Å². The predicted octanol–water partition coefficient (Wildman–Crippen LogP) is 2.38. The maximum Gasteiger partial charge on any atom is 0.223 e. The van der Waals surface area contributed by atoms with Crippen LogP contribution in [0.3, 0.4) is 0 Å². The first-order valence-corrected chi connectivity index (χ1v) is 6.85. The minimum atomic E-state index is -0.112. The third kappa shape index (κ3) is 3.57. The number of rotatable bonds is 4. The van der Waals surface area contributed by atoms with E-state index in [0.29, 0.717) is 6.54 Å². The molecule has 3 heteroatoms. The smallest absolute Gasteiger partial charge is 0.223 e. The fraction of sp³-hybridized carbons (Fsp3) is 0.533. The van der Waals surface area contributed by atoms with Crippen molar-refractivity contribution in [1.29, 1.82) is 0 Å². The van der Waals surface area contributed by atoms with Crippen molar-refractivity contribution in [3.8, 4) is 0 Å². The Balaban J connectivity index is 1.78. The number of benzene rings is 1. The van der Waals surface area contributed by atoms with Crippen LogP contribution >= 0.6 is 0 Å². The Morgan fingerprint density at radius 2 is 1.89 bits per heavy atom. The standard InChI is InChI=1S/C15H22N2O/c16-14(12-7-3-1-4-8-12)11-17-15(18)13-9-5-2-6-10-13/h1,3-4,7-8,13-14H,2,5-6,9-11,16H2,(H,17,18). The van der Waals surface area contributed by atoms with Crippen molar-refractivity contribution >= 4 is 5.91 Å². The molecule has 0 radical (unpaired) electrons. The van der Waals surface area contributed by atoms with Crippen molar-refractivity contribution < 1.29 is 4.79 Å².